The van der Waals surface area contributed by atoms with Gasteiger partial charge in [-0.05, 0) is 62.2 Å². The number of aliphatic hydroxyl groups excluding tert-OH is 1. The van der Waals surface area contributed by atoms with Gasteiger partial charge in [-0.25, -0.2) is 0 Å². The van der Waals surface area contributed by atoms with E-state index in [1.54, 1.807) is 48.8 Å². The minimum absolute atomic E-state index is 0.0175. The van der Waals surface area contributed by atoms with Crippen molar-refractivity contribution in [1.29, 1.82) is 0 Å². The molecule has 0 fully saturated rings. The van der Waals surface area contributed by atoms with E-state index in [1.807, 2.05) is 13.8 Å². The molecule has 1 aromatic carbocycles. The normalized spacial score (nSPS) is 16.6. The predicted molar refractivity (Wildman–Crippen MR) is 120 cm³/mol. The Morgan fingerprint density at radius 1 is 1.25 bits per heavy atom. The first-order valence-corrected chi connectivity index (χ1v) is 10.7. The van der Waals surface area contributed by atoms with Crippen LogP contribution in [0.1, 0.15) is 42.4 Å². The van der Waals surface area contributed by atoms with Crippen molar-refractivity contribution in [1.82, 2.24) is 9.88 Å². The first-order valence-electron chi connectivity index (χ1n) is 10.4. The topological polar surface area (TPSA) is 92.9 Å². The van der Waals surface area contributed by atoms with Crippen LogP contribution in [0.15, 0.2) is 64.5 Å². The summed E-state index contributed by atoms with van der Waals surface area (Å²) in [6.45, 7) is 4.64. The van der Waals surface area contributed by atoms with E-state index >= 15 is 0 Å². The molecular formula is C24H23ClN2O5. The minimum Gasteiger partial charge on any atom is -0.503 e. The van der Waals surface area contributed by atoms with Crippen molar-refractivity contribution < 1.29 is 23.8 Å². The molecule has 4 rings (SSSR count). The Hall–Kier alpha value is -3.16. The molecule has 0 bridgehead atoms. The molecular weight excluding hydrogens is 432 g/mol. The lowest BCUT2D eigenvalue weighted by atomic mass is 9.95. The van der Waals surface area contributed by atoms with Crippen LogP contribution in [-0.2, 0) is 9.53 Å². The Balaban J connectivity index is 1.69. The first-order chi connectivity index (χ1) is 15.4. The van der Waals surface area contributed by atoms with Gasteiger partial charge >= 0.3 is 0 Å². The fourth-order valence-corrected chi connectivity index (χ4v) is 4.00. The standard InChI is InChI=1S/C24H23ClN2O5/c1-14(2)31-11-3-10-27-21(15-6-8-26-9-7-15)20(23(29)24(27)30)22(28)19-13-16-12-17(25)4-5-18(16)32-19/h4-9,12-14,21,29H,3,10-11H2,1-2H3. The fourth-order valence-electron chi connectivity index (χ4n) is 3.82. The Morgan fingerprint density at radius 2 is 2.00 bits per heavy atom. The quantitative estimate of drug-likeness (QED) is 0.385. The van der Waals surface area contributed by atoms with Gasteiger partial charge in [0.25, 0.3) is 5.91 Å². The third-order valence-corrected chi connectivity index (χ3v) is 5.50. The van der Waals surface area contributed by atoms with Crippen LogP contribution in [0, 0.1) is 0 Å². The van der Waals surface area contributed by atoms with Crippen LogP contribution in [0.4, 0.5) is 0 Å². The molecule has 8 heteroatoms. The molecule has 1 N–H and O–H groups in total. The molecule has 3 aromatic rings. The van der Waals surface area contributed by atoms with Crippen LogP contribution in [0.3, 0.4) is 0 Å². The number of carbonyl (C=O) groups is 2. The number of rotatable bonds is 8. The molecule has 32 heavy (non-hydrogen) atoms. The summed E-state index contributed by atoms with van der Waals surface area (Å²) < 4.78 is 11.3. The van der Waals surface area contributed by atoms with Gasteiger partial charge in [0, 0.05) is 36.0 Å². The SMILES string of the molecule is CC(C)OCCCN1C(=O)C(O)=C(C(=O)c2cc3cc(Cl)ccc3o2)C1c1ccncc1. The van der Waals surface area contributed by atoms with Gasteiger partial charge in [0.2, 0.25) is 5.78 Å². The number of hydrogen-bond acceptors (Lipinski definition) is 6. The molecule has 166 valence electrons. The molecule has 0 saturated carbocycles. The van der Waals surface area contributed by atoms with Crippen molar-refractivity contribution in [2.45, 2.75) is 32.4 Å². The van der Waals surface area contributed by atoms with Gasteiger partial charge in [0.05, 0.1) is 17.7 Å². The van der Waals surface area contributed by atoms with Gasteiger partial charge in [0.1, 0.15) is 5.58 Å². The fraction of sp³-hybridized carbons (Fsp3) is 0.292. The molecule has 1 aliphatic heterocycles. The highest BCUT2D eigenvalue weighted by Crippen LogP contribution is 2.39. The number of aliphatic hydroxyl groups is 1. The number of fused-ring (bicyclic) bond motifs is 1. The maximum Gasteiger partial charge on any atom is 0.290 e. The highest BCUT2D eigenvalue weighted by molar-refractivity contribution is 6.31. The monoisotopic (exact) mass is 454 g/mol. The van der Waals surface area contributed by atoms with E-state index in [4.69, 9.17) is 20.8 Å². The van der Waals surface area contributed by atoms with E-state index in [1.165, 1.54) is 4.90 Å². The summed E-state index contributed by atoms with van der Waals surface area (Å²) in [5.74, 6) is -1.69. The molecule has 0 spiro atoms. The van der Waals surface area contributed by atoms with Gasteiger partial charge < -0.3 is 19.2 Å². The summed E-state index contributed by atoms with van der Waals surface area (Å²) in [5.41, 5.74) is 1.14. The summed E-state index contributed by atoms with van der Waals surface area (Å²) >= 11 is 6.04. The average Bonchev–Trinajstić information content (AvgIpc) is 3.30. The van der Waals surface area contributed by atoms with Crippen LogP contribution >= 0.6 is 11.6 Å². The average molecular weight is 455 g/mol. The third-order valence-electron chi connectivity index (χ3n) is 5.27. The second kappa shape index (κ2) is 9.14. The van der Waals surface area contributed by atoms with Crippen LogP contribution in [-0.4, -0.2) is 45.9 Å². The third kappa shape index (κ3) is 4.26. The number of carbonyl (C=O) groups excluding carboxylic acids is 2. The Bertz CT molecular complexity index is 1190. The molecule has 0 saturated heterocycles. The molecule has 2 aromatic heterocycles. The first kappa shape index (κ1) is 22.0. The Morgan fingerprint density at radius 3 is 2.72 bits per heavy atom. The summed E-state index contributed by atoms with van der Waals surface area (Å²) in [6, 6.07) is 9.28. The number of furan rings is 1. The second-order valence-electron chi connectivity index (χ2n) is 7.84. The van der Waals surface area contributed by atoms with E-state index in [0.29, 0.717) is 41.1 Å². The summed E-state index contributed by atoms with van der Waals surface area (Å²) in [4.78, 5) is 31.9. The summed E-state index contributed by atoms with van der Waals surface area (Å²) in [6.07, 6.45) is 3.80. The molecule has 1 atom stereocenters. The minimum atomic E-state index is -0.756. The number of benzene rings is 1. The van der Waals surface area contributed by atoms with Gasteiger partial charge in [-0.2, -0.15) is 0 Å². The zero-order valence-corrected chi connectivity index (χ0v) is 18.5. The van der Waals surface area contributed by atoms with Crippen LogP contribution in [0.2, 0.25) is 5.02 Å². The maximum absolute atomic E-state index is 13.4. The van der Waals surface area contributed by atoms with Crippen LogP contribution in [0.25, 0.3) is 11.0 Å². The predicted octanol–water partition coefficient (Wildman–Crippen LogP) is 4.87. The van der Waals surface area contributed by atoms with Crippen molar-refractivity contribution in [3.05, 3.63) is 76.5 Å². The maximum atomic E-state index is 13.4. The smallest absolute Gasteiger partial charge is 0.290 e. The van der Waals surface area contributed by atoms with E-state index in [2.05, 4.69) is 4.98 Å². The summed E-state index contributed by atoms with van der Waals surface area (Å²) in [7, 11) is 0. The van der Waals surface area contributed by atoms with Gasteiger partial charge in [-0.3, -0.25) is 14.6 Å². The number of hydrogen-bond donors (Lipinski definition) is 1. The summed E-state index contributed by atoms with van der Waals surface area (Å²) in [5, 5.41) is 11.9. The van der Waals surface area contributed by atoms with Crippen LogP contribution < -0.4 is 0 Å². The van der Waals surface area contributed by atoms with Gasteiger partial charge in [-0.1, -0.05) is 11.6 Å². The van der Waals surface area contributed by atoms with E-state index in [9.17, 15) is 14.7 Å². The molecule has 0 aliphatic carbocycles. The lowest BCUT2D eigenvalue weighted by Gasteiger charge is -2.26. The molecule has 7 nitrogen and oxygen atoms in total. The zero-order valence-electron chi connectivity index (χ0n) is 17.7. The number of ketones is 1. The highest BCUT2D eigenvalue weighted by Gasteiger charge is 2.44. The van der Waals surface area contributed by atoms with E-state index < -0.39 is 23.5 Å². The number of aromatic nitrogens is 1. The number of halogens is 1. The van der Waals surface area contributed by atoms with Gasteiger partial charge in [0.15, 0.2) is 11.5 Å². The number of amides is 1. The molecule has 1 aliphatic rings. The van der Waals surface area contributed by atoms with Crippen molar-refractivity contribution in [3.8, 4) is 0 Å². The van der Waals surface area contributed by atoms with Crippen molar-refractivity contribution in [2.24, 2.45) is 0 Å². The molecule has 1 unspecified atom stereocenters. The van der Waals surface area contributed by atoms with Gasteiger partial charge in [-0.15, -0.1) is 0 Å². The van der Waals surface area contributed by atoms with E-state index in [0.717, 1.165) is 0 Å². The highest BCUT2D eigenvalue weighted by atomic mass is 35.5. The lowest BCUT2D eigenvalue weighted by Crippen LogP contribution is -2.32. The van der Waals surface area contributed by atoms with Crippen molar-refractivity contribution >= 4 is 34.3 Å². The lowest BCUT2D eigenvalue weighted by molar-refractivity contribution is -0.129. The van der Waals surface area contributed by atoms with Crippen LogP contribution in [0.5, 0.6) is 0 Å². The second-order valence-corrected chi connectivity index (χ2v) is 8.28. The number of ether oxygens (including phenoxy) is 1. The van der Waals surface area contributed by atoms with Crippen molar-refractivity contribution in [3.63, 3.8) is 0 Å². The number of pyridine rings is 1. The van der Waals surface area contributed by atoms with E-state index in [-0.39, 0.29) is 17.4 Å². The molecule has 0 radical (unpaired) electrons. The molecule has 3 heterocycles. The van der Waals surface area contributed by atoms with Crippen molar-refractivity contribution in [2.75, 3.05) is 13.2 Å². The number of Topliss-reactive ketones (excluding diaryl/α,β-unsaturated/α-hetero) is 1. The Kier molecular flexibility index (Phi) is 6.30. The molecule has 1 amide bonds. The largest absolute Gasteiger partial charge is 0.503 e. The number of nitrogens with zero attached hydrogens (tertiary/aromatic N) is 2. The zero-order chi connectivity index (χ0) is 22.8. The Labute approximate surface area is 190 Å².